The van der Waals surface area contributed by atoms with Gasteiger partial charge in [-0.3, -0.25) is 0 Å². The second-order valence-electron chi connectivity index (χ2n) is 4.52. The normalized spacial score (nSPS) is 9.68. The Morgan fingerprint density at radius 3 is 1.05 bits per heavy atom. The Kier molecular flexibility index (Phi) is 6.95. The van der Waals surface area contributed by atoms with Gasteiger partial charge < -0.3 is 0 Å². The van der Waals surface area contributed by atoms with Crippen molar-refractivity contribution < 1.29 is 0 Å². The van der Waals surface area contributed by atoms with Crippen LogP contribution in [0, 0.1) is 0 Å². The second kappa shape index (κ2) is 8.53. The van der Waals surface area contributed by atoms with Crippen LogP contribution in [0.4, 0.5) is 0 Å². The number of hydrogen-bond donors (Lipinski definition) is 0. The van der Waals surface area contributed by atoms with E-state index < -0.39 is 0 Å². The maximum atomic E-state index is 2.24. The maximum Gasteiger partial charge on any atom is -0.00258 e. The van der Waals surface area contributed by atoms with Gasteiger partial charge in [-0.2, -0.15) is 0 Å². The Bertz CT molecular complexity index is 403. The largest absolute Gasteiger partial charge is 0.0683 e. The summed E-state index contributed by atoms with van der Waals surface area (Å²) in [4.78, 5) is 0. The molecule has 0 aliphatic carbocycles. The van der Waals surface area contributed by atoms with Gasteiger partial charge in [0.15, 0.2) is 0 Å². The molecule has 0 aliphatic rings. The molecule has 0 saturated carbocycles. The van der Waals surface area contributed by atoms with Gasteiger partial charge in [-0.05, 0) is 41.5 Å². The molecule has 0 aliphatic heterocycles. The van der Waals surface area contributed by atoms with E-state index in [2.05, 4.69) is 62.4 Å². The predicted octanol–water partition coefficient (Wildman–Crippen LogP) is 5.43. The first-order valence-electron chi connectivity index (χ1n) is 7.47. The quantitative estimate of drug-likeness (QED) is 0.682. The van der Waals surface area contributed by atoms with Gasteiger partial charge in [0, 0.05) is 0 Å². The van der Waals surface area contributed by atoms with Crippen LogP contribution in [0.5, 0.6) is 0 Å². The summed E-state index contributed by atoms with van der Waals surface area (Å²) in [5.41, 5.74) is 5.61. The monoisotopic (exact) mass is 254 g/mol. The van der Waals surface area contributed by atoms with Crippen molar-refractivity contribution in [3.63, 3.8) is 0 Å². The molecule has 0 amide bonds. The zero-order chi connectivity index (χ0) is 14.1. The molecule has 0 unspecified atom stereocenters. The van der Waals surface area contributed by atoms with E-state index in [1.165, 1.54) is 22.3 Å². The van der Waals surface area contributed by atoms with E-state index in [1.54, 1.807) is 0 Å². The molecule has 0 nitrogen and oxygen atoms in total. The van der Waals surface area contributed by atoms with Crippen molar-refractivity contribution in [3.05, 3.63) is 70.8 Å². The molecule has 0 N–H and O–H groups in total. The van der Waals surface area contributed by atoms with Gasteiger partial charge in [-0.1, -0.05) is 76.2 Å². The third-order valence-corrected chi connectivity index (χ3v) is 3.27. The highest BCUT2D eigenvalue weighted by Gasteiger charge is 1.97. The topological polar surface area (TPSA) is 0 Å². The van der Waals surface area contributed by atoms with Gasteiger partial charge in [0.2, 0.25) is 0 Å². The van der Waals surface area contributed by atoms with E-state index in [9.17, 15) is 0 Å². The Balaban J connectivity index is 0.000000861. The van der Waals surface area contributed by atoms with Gasteiger partial charge in [-0.15, -0.1) is 0 Å². The first-order chi connectivity index (χ1) is 9.31. The van der Waals surface area contributed by atoms with Crippen LogP contribution in [-0.2, 0) is 19.3 Å². The number of hydrogen-bond acceptors (Lipinski definition) is 0. The van der Waals surface area contributed by atoms with Gasteiger partial charge in [0.1, 0.15) is 0 Å². The molecule has 0 saturated heterocycles. The van der Waals surface area contributed by atoms with E-state index >= 15 is 0 Å². The van der Waals surface area contributed by atoms with Crippen LogP contribution >= 0.6 is 0 Å². The zero-order valence-electron chi connectivity index (χ0n) is 12.7. The summed E-state index contributed by atoms with van der Waals surface area (Å²) in [5, 5.41) is 0. The summed E-state index contributed by atoms with van der Waals surface area (Å²) >= 11 is 0. The molecule has 2 aromatic rings. The molecule has 2 aromatic carbocycles. The number of benzene rings is 2. The fourth-order valence-corrected chi connectivity index (χ4v) is 2.02. The fourth-order valence-electron chi connectivity index (χ4n) is 2.02. The first kappa shape index (κ1) is 15.5. The Morgan fingerprint density at radius 2 is 0.789 bits per heavy atom. The maximum absolute atomic E-state index is 2.24. The predicted molar refractivity (Wildman–Crippen MR) is 85.8 cm³/mol. The van der Waals surface area contributed by atoms with Crippen molar-refractivity contribution >= 4 is 0 Å². The van der Waals surface area contributed by atoms with Crippen LogP contribution in [0.3, 0.4) is 0 Å². The minimum atomic E-state index is 1.04. The molecule has 0 atom stereocenters. The third-order valence-electron chi connectivity index (χ3n) is 3.27. The molecule has 0 radical (unpaired) electrons. The van der Waals surface area contributed by atoms with Crippen LogP contribution in [0.1, 0.15) is 49.9 Å². The smallest absolute Gasteiger partial charge is 0.00258 e. The highest BCUT2D eigenvalue weighted by molar-refractivity contribution is 5.30. The third kappa shape index (κ3) is 4.90. The number of rotatable bonds is 4. The van der Waals surface area contributed by atoms with Crippen LogP contribution < -0.4 is 0 Å². The van der Waals surface area contributed by atoms with E-state index in [4.69, 9.17) is 0 Å². The summed E-state index contributed by atoms with van der Waals surface area (Å²) < 4.78 is 0. The van der Waals surface area contributed by atoms with Crippen LogP contribution in [0.25, 0.3) is 0 Å². The average molecular weight is 254 g/mol. The van der Waals surface area contributed by atoms with Crippen molar-refractivity contribution in [2.75, 3.05) is 0 Å². The Labute approximate surface area is 118 Å². The van der Waals surface area contributed by atoms with E-state index in [0.717, 1.165) is 19.3 Å². The van der Waals surface area contributed by atoms with Crippen LogP contribution in [0.2, 0.25) is 0 Å². The van der Waals surface area contributed by atoms with Crippen molar-refractivity contribution in [2.24, 2.45) is 0 Å². The molecular formula is C19H26. The van der Waals surface area contributed by atoms with E-state index in [-0.39, 0.29) is 0 Å². The molecule has 2 rings (SSSR count). The first-order valence-corrected chi connectivity index (χ1v) is 7.47. The molecule has 0 heteroatoms. The lowest BCUT2D eigenvalue weighted by molar-refractivity contribution is 1.11. The molecule has 19 heavy (non-hydrogen) atoms. The molecule has 0 spiro atoms. The van der Waals surface area contributed by atoms with Crippen molar-refractivity contribution in [1.29, 1.82) is 0 Å². The van der Waals surface area contributed by atoms with Gasteiger partial charge in [0.05, 0.1) is 0 Å². The number of aryl methyl sites for hydroxylation is 2. The highest BCUT2D eigenvalue weighted by atomic mass is 14.0. The van der Waals surface area contributed by atoms with Gasteiger partial charge in [0.25, 0.3) is 0 Å². The van der Waals surface area contributed by atoms with Crippen molar-refractivity contribution in [3.8, 4) is 0 Å². The summed E-state index contributed by atoms with van der Waals surface area (Å²) in [5.74, 6) is 0. The molecule has 0 aromatic heterocycles. The zero-order valence-corrected chi connectivity index (χ0v) is 12.7. The minimum Gasteiger partial charge on any atom is -0.0683 e. The molecule has 102 valence electrons. The van der Waals surface area contributed by atoms with Crippen LogP contribution in [0.15, 0.2) is 48.5 Å². The SMILES string of the molecule is CC.CCc1ccc(Cc2ccc(CC)cc2)cc1. The Hall–Kier alpha value is -1.56. The minimum absolute atomic E-state index is 1.04. The van der Waals surface area contributed by atoms with E-state index in [1.807, 2.05) is 13.8 Å². The summed E-state index contributed by atoms with van der Waals surface area (Å²) in [6.45, 7) is 8.39. The summed E-state index contributed by atoms with van der Waals surface area (Å²) in [6.07, 6.45) is 3.27. The second-order valence-corrected chi connectivity index (χ2v) is 4.52. The van der Waals surface area contributed by atoms with Crippen molar-refractivity contribution in [2.45, 2.75) is 47.0 Å². The van der Waals surface area contributed by atoms with Gasteiger partial charge >= 0.3 is 0 Å². The lowest BCUT2D eigenvalue weighted by Crippen LogP contribution is -1.90. The van der Waals surface area contributed by atoms with E-state index in [0.29, 0.717) is 0 Å². The molecule has 0 bridgehead atoms. The lowest BCUT2D eigenvalue weighted by Gasteiger charge is -2.04. The van der Waals surface area contributed by atoms with Crippen molar-refractivity contribution in [1.82, 2.24) is 0 Å². The average Bonchev–Trinajstić information content (AvgIpc) is 2.51. The molecule has 0 fully saturated rings. The van der Waals surface area contributed by atoms with Gasteiger partial charge in [-0.25, -0.2) is 0 Å². The molecular weight excluding hydrogens is 228 g/mol. The highest BCUT2D eigenvalue weighted by Crippen LogP contribution is 2.12. The summed E-state index contributed by atoms with van der Waals surface area (Å²) in [7, 11) is 0. The Morgan fingerprint density at radius 1 is 0.526 bits per heavy atom. The summed E-state index contributed by atoms with van der Waals surface area (Å²) in [6, 6.07) is 17.9. The fraction of sp³-hybridized carbons (Fsp3) is 0.368. The lowest BCUT2D eigenvalue weighted by atomic mass is 10.0. The van der Waals surface area contributed by atoms with Crippen LogP contribution in [-0.4, -0.2) is 0 Å². The molecule has 0 heterocycles. The standard InChI is InChI=1S/C17H20.C2H6/c1-3-14-5-9-16(10-6-14)13-17-11-7-15(4-2)8-12-17;1-2/h5-12H,3-4,13H2,1-2H3;1-2H3.